The Morgan fingerprint density at radius 3 is 2.18 bits per heavy atom. The summed E-state index contributed by atoms with van der Waals surface area (Å²) in [6.45, 7) is 10.2. The van der Waals surface area contributed by atoms with Gasteiger partial charge in [-0.3, -0.25) is 14.5 Å². The molecule has 8 heteroatoms. The third kappa shape index (κ3) is 6.51. The number of carbonyl (C=O) groups excluding carboxylic acids is 3. The number of rotatable bonds is 6. The standard InChI is InChI=1S/C26H31N3O5/c1-8-29(24(32)18(4)27-25(33)34-26(5,6)7)22(19-14-9-10-15-20(19)30)23(31)28-21-16(2)12-11-13-17(21)3/h1,9-15,18,22,30H,2-7H3,(H,27,33)(H,28,31). The van der Waals surface area contributed by atoms with Crippen molar-refractivity contribution in [3.8, 4) is 18.2 Å². The van der Waals surface area contributed by atoms with Crippen LogP contribution in [0.4, 0.5) is 10.5 Å². The number of terminal acetylenes is 1. The first-order valence-corrected chi connectivity index (χ1v) is 10.8. The van der Waals surface area contributed by atoms with Crippen LogP contribution in [0.15, 0.2) is 42.5 Å². The van der Waals surface area contributed by atoms with E-state index in [-0.39, 0.29) is 11.3 Å². The smallest absolute Gasteiger partial charge is 0.408 e. The lowest BCUT2D eigenvalue weighted by atomic mass is 10.0. The first kappa shape index (κ1) is 26.3. The van der Waals surface area contributed by atoms with Gasteiger partial charge in [-0.05, 0) is 58.7 Å². The fraction of sp³-hybridized carbons (Fsp3) is 0.346. The molecule has 0 bridgehead atoms. The van der Waals surface area contributed by atoms with Crippen molar-refractivity contribution in [2.45, 2.75) is 59.2 Å². The summed E-state index contributed by atoms with van der Waals surface area (Å²) >= 11 is 0. The van der Waals surface area contributed by atoms with Gasteiger partial charge in [-0.15, -0.1) is 0 Å². The van der Waals surface area contributed by atoms with Gasteiger partial charge in [0.2, 0.25) is 0 Å². The largest absolute Gasteiger partial charge is 0.508 e. The van der Waals surface area contributed by atoms with Crippen LogP contribution in [0.5, 0.6) is 5.75 Å². The normalized spacial score (nSPS) is 12.6. The van der Waals surface area contributed by atoms with Crippen molar-refractivity contribution in [2.24, 2.45) is 0 Å². The molecule has 3 N–H and O–H groups in total. The highest BCUT2D eigenvalue weighted by Crippen LogP contribution is 2.31. The molecular formula is C26H31N3O5. The summed E-state index contributed by atoms with van der Waals surface area (Å²) in [5.41, 5.74) is 1.60. The van der Waals surface area contributed by atoms with Crippen LogP contribution < -0.4 is 10.6 Å². The van der Waals surface area contributed by atoms with Gasteiger partial charge in [-0.2, -0.15) is 0 Å². The zero-order valence-electron chi connectivity index (χ0n) is 20.3. The van der Waals surface area contributed by atoms with E-state index in [0.717, 1.165) is 16.0 Å². The van der Waals surface area contributed by atoms with Gasteiger partial charge in [-0.25, -0.2) is 4.79 Å². The molecule has 2 atom stereocenters. The second-order valence-corrected chi connectivity index (χ2v) is 8.92. The van der Waals surface area contributed by atoms with E-state index in [1.54, 1.807) is 32.9 Å². The molecule has 0 saturated heterocycles. The molecule has 180 valence electrons. The minimum atomic E-state index is -1.36. The lowest BCUT2D eigenvalue weighted by molar-refractivity contribution is -0.136. The van der Waals surface area contributed by atoms with Crippen molar-refractivity contribution in [1.29, 1.82) is 0 Å². The molecule has 0 aromatic heterocycles. The number of phenols is 1. The van der Waals surface area contributed by atoms with Crippen molar-refractivity contribution in [2.75, 3.05) is 5.32 Å². The number of anilines is 1. The summed E-state index contributed by atoms with van der Waals surface area (Å²) in [6, 6.07) is 11.4. The Bertz CT molecular complexity index is 1090. The van der Waals surface area contributed by atoms with Crippen molar-refractivity contribution < 1.29 is 24.2 Å². The molecule has 0 aliphatic carbocycles. The summed E-state index contributed by atoms with van der Waals surface area (Å²) in [6.07, 6.45) is 4.87. The predicted octanol–water partition coefficient (Wildman–Crippen LogP) is 4.02. The predicted molar refractivity (Wildman–Crippen MR) is 130 cm³/mol. The number of aromatic hydroxyl groups is 1. The van der Waals surface area contributed by atoms with Crippen molar-refractivity contribution in [3.05, 3.63) is 59.2 Å². The Hall–Kier alpha value is -3.99. The number of aryl methyl sites for hydroxylation is 2. The van der Waals surface area contributed by atoms with Crippen molar-refractivity contribution in [3.63, 3.8) is 0 Å². The van der Waals surface area contributed by atoms with E-state index in [1.807, 2.05) is 32.0 Å². The van der Waals surface area contributed by atoms with Gasteiger partial charge in [0.15, 0.2) is 6.04 Å². The highest BCUT2D eigenvalue weighted by molar-refractivity contribution is 6.00. The number of para-hydroxylation sites is 2. The highest BCUT2D eigenvalue weighted by atomic mass is 16.6. The van der Waals surface area contributed by atoms with Gasteiger partial charge in [0, 0.05) is 17.3 Å². The van der Waals surface area contributed by atoms with Crippen LogP contribution in [-0.2, 0) is 14.3 Å². The molecule has 8 nitrogen and oxygen atoms in total. The molecule has 0 aliphatic rings. The first-order valence-electron chi connectivity index (χ1n) is 10.8. The van der Waals surface area contributed by atoms with E-state index >= 15 is 0 Å². The monoisotopic (exact) mass is 465 g/mol. The van der Waals surface area contributed by atoms with Crippen LogP contribution in [0, 0.1) is 26.3 Å². The third-order valence-electron chi connectivity index (χ3n) is 4.95. The number of alkyl carbamates (subject to hydrolysis) is 1. The van der Waals surface area contributed by atoms with Crippen LogP contribution in [0.2, 0.25) is 0 Å². The summed E-state index contributed by atoms with van der Waals surface area (Å²) in [5, 5.41) is 15.7. The topological polar surface area (TPSA) is 108 Å². The fourth-order valence-electron chi connectivity index (χ4n) is 3.34. The maximum Gasteiger partial charge on any atom is 0.408 e. The Balaban J connectivity index is 2.42. The lowest BCUT2D eigenvalue weighted by Crippen LogP contribution is -2.49. The molecule has 0 aliphatic heterocycles. The second-order valence-electron chi connectivity index (χ2n) is 8.92. The summed E-state index contributed by atoms with van der Waals surface area (Å²) < 4.78 is 5.20. The summed E-state index contributed by atoms with van der Waals surface area (Å²) in [4.78, 5) is 39.7. The van der Waals surface area contributed by atoms with Gasteiger partial charge in [0.05, 0.1) is 0 Å². The zero-order valence-corrected chi connectivity index (χ0v) is 20.3. The number of hydrogen-bond donors (Lipinski definition) is 3. The minimum absolute atomic E-state index is 0.141. The Kier molecular flexibility index (Phi) is 8.31. The number of hydrogen-bond acceptors (Lipinski definition) is 5. The molecule has 0 radical (unpaired) electrons. The summed E-state index contributed by atoms with van der Waals surface area (Å²) in [7, 11) is 0. The van der Waals surface area contributed by atoms with E-state index in [4.69, 9.17) is 11.2 Å². The SMILES string of the molecule is C#CN(C(=O)C(C)NC(=O)OC(C)(C)C)C(C(=O)Nc1c(C)cccc1C)c1ccccc1O. The molecule has 2 aromatic rings. The average Bonchev–Trinajstić information content (AvgIpc) is 2.73. The van der Waals surface area contributed by atoms with E-state index in [0.29, 0.717) is 5.69 Å². The second kappa shape index (κ2) is 10.8. The molecule has 0 spiro atoms. The molecule has 3 amide bonds. The molecule has 0 heterocycles. The number of ether oxygens (including phenoxy) is 1. The first-order chi connectivity index (χ1) is 15.9. The van der Waals surface area contributed by atoms with E-state index in [2.05, 4.69) is 16.7 Å². The van der Waals surface area contributed by atoms with Crippen molar-refractivity contribution >= 4 is 23.6 Å². The van der Waals surface area contributed by atoms with Crippen molar-refractivity contribution in [1.82, 2.24) is 10.2 Å². The Morgan fingerprint density at radius 2 is 1.65 bits per heavy atom. The number of phenolic OH excluding ortho intramolecular Hbond substituents is 1. The number of amides is 3. The number of carbonyl (C=O) groups is 3. The summed E-state index contributed by atoms with van der Waals surface area (Å²) in [5.74, 6) is -1.54. The fourth-order valence-corrected chi connectivity index (χ4v) is 3.34. The van der Waals surface area contributed by atoms with E-state index in [1.165, 1.54) is 19.1 Å². The Labute approximate surface area is 200 Å². The maximum absolute atomic E-state index is 13.5. The zero-order chi connectivity index (χ0) is 25.6. The van der Waals surface area contributed by atoms with Gasteiger partial charge >= 0.3 is 6.09 Å². The molecule has 2 aromatic carbocycles. The number of benzene rings is 2. The molecule has 0 saturated carbocycles. The Morgan fingerprint density at radius 1 is 1.06 bits per heavy atom. The van der Waals surface area contributed by atoms with Crippen LogP contribution in [-0.4, -0.2) is 39.6 Å². The third-order valence-corrected chi connectivity index (χ3v) is 4.95. The van der Waals surface area contributed by atoms with Gasteiger partial charge < -0.3 is 20.5 Å². The lowest BCUT2D eigenvalue weighted by Gasteiger charge is -2.29. The molecule has 0 fully saturated rings. The van der Waals surface area contributed by atoms with Gasteiger partial charge in [0.25, 0.3) is 11.8 Å². The van der Waals surface area contributed by atoms with E-state index < -0.39 is 35.6 Å². The van der Waals surface area contributed by atoms with Crippen LogP contribution in [0.25, 0.3) is 0 Å². The average molecular weight is 466 g/mol. The number of nitrogens with one attached hydrogen (secondary N) is 2. The highest BCUT2D eigenvalue weighted by Gasteiger charge is 2.36. The van der Waals surface area contributed by atoms with Gasteiger partial charge in [0.1, 0.15) is 17.4 Å². The minimum Gasteiger partial charge on any atom is -0.508 e. The molecular weight excluding hydrogens is 434 g/mol. The van der Waals surface area contributed by atoms with Crippen LogP contribution in [0.3, 0.4) is 0 Å². The molecule has 2 rings (SSSR count). The van der Waals surface area contributed by atoms with Crippen LogP contribution in [0.1, 0.15) is 50.4 Å². The van der Waals surface area contributed by atoms with Crippen LogP contribution >= 0.6 is 0 Å². The maximum atomic E-state index is 13.5. The molecule has 34 heavy (non-hydrogen) atoms. The quantitative estimate of drug-likeness (QED) is 0.441. The van der Waals surface area contributed by atoms with Gasteiger partial charge in [-0.1, -0.05) is 42.8 Å². The van der Waals surface area contributed by atoms with E-state index in [9.17, 15) is 19.5 Å². The number of nitrogens with zero attached hydrogens (tertiary/aromatic N) is 1. The molecule has 2 unspecified atom stereocenters.